The van der Waals surface area contributed by atoms with Crippen molar-refractivity contribution in [2.24, 2.45) is 0 Å². The number of carboxylic acids is 1. The molecule has 0 unspecified atom stereocenters. The highest BCUT2D eigenvalue weighted by Gasteiger charge is 2.41. The number of carbonyl (C=O) groups is 2. The topological polar surface area (TPSA) is 161 Å². The van der Waals surface area contributed by atoms with Crippen molar-refractivity contribution in [1.29, 1.82) is 0 Å². The van der Waals surface area contributed by atoms with Crippen molar-refractivity contribution in [2.75, 3.05) is 7.11 Å². The number of aliphatic carboxylic acids is 1. The molecule has 3 aromatic heterocycles. The summed E-state index contributed by atoms with van der Waals surface area (Å²) in [6.07, 6.45) is 1.08. The lowest BCUT2D eigenvalue weighted by molar-refractivity contribution is -0.141. The lowest BCUT2D eigenvalue weighted by atomic mass is 9.84. The van der Waals surface area contributed by atoms with E-state index < -0.39 is 17.9 Å². The van der Waals surface area contributed by atoms with E-state index in [-0.39, 0.29) is 41.6 Å². The van der Waals surface area contributed by atoms with Crippen molar-refractivity contribution in [3.63, 3.8) is 0 Å². The van der Waals surface area contributed by atoms with Gasteiger partial charge in [0.05, 0.1) is 29.6 Å². The first-order chi connectivity index (χ1) is 21.4. The number of methoxy groups -OCH3 is 1. The monoisotopic (exact) mass is 612 g/mol. The zero-order valence-corrected chi connectivity index (χ0v) is 26.7. The van der Waals surface area contributed by atoms with E-state index in [1.807, 2.05) is 39.0 Å². The molecule has 5 heterocycles. The number of rotatable bonds is 5. The van der Waals surface area contributed by atoms with Crippen LogP contribution in [0.1, 0.15) is 116 Å². The second kappa shape index (κ2) is 11.1. The Balaban J connectivity index is 1.83. The number of hydrogen-bond donors (Lipinski definition) is 5. The van der Waals surface area contributed by atoms with Gasteiger partial charge in [0, 0.05) is 74.2 Å². The Morgan fingerprint density at radius 1 is 0.911 bits per heavy atom. The molecule has 10 heteroatoms. The SMILES string of the molecule is CC[C@H]1c2cc3[nH]c4c(c5nc(cc6[nH]c(cc(n2)[C@@H]1C)c(=C(C)O)c6C)[C@@H](C)[C@@H]5CCC(=O)O)[C@@H](C(=O)OC)C(O)=c4c3C. The number of ether oxygens (including phenoxy) is 1. The van der Waals surface area contributed by atoms with Crippen molar-refractivity contribution >= 4 is 45.5 Å². The summed E-state index contributed by atoms with van der Waals surface area (Å²) in [5.74, 6) is -2.83. The number of aliphatic hydroxyl groups is 2. The van der Waals surface area contributed by atoms with Gasteiger partial charge in [-0.25, -0.2) is 0 Å². The Hall–Kier alpha value is -4.60. The summed E-state index contributed by atoms with van der Waals surface area (Å²) < 4.78 is 5.17. The van der Waals surface area contributed by atoms with Crippen LogP contribution in [-0.4, -0.2) is 54.3 Å². The number of carbonyl (C=O) groups excluding carboxylic acids is 1. The van der Waals surface area contributed by atoms with Crippen LogP contribution in [0.5, 0.6) is 0 Å². The van der Waals surface area contributed by atoms with E-state index in [1.54, 1.807) is 6.92 Å². The van der Waals surface area contributed by atoms with Crippen LogP contribution in [-0.2, 0) is 14.3 Å². The lowest BCUT2D eigenvalue weighted by Gasteiger charge is -2.19. The highest BCUT2D eigenvalue weighted by Crippen LogP contribution is 2.46. The molecule has 2 aliphatic heterocycles. The minimum Gasteiger partial charge on any atom is -0.512 e. The van der Waals surface area contributed by atoms with Crippen LogP contribution in [0.2, 0.25) is 0 Å². The van der Waals surface area contributed by atoms with E-state index in [0.29, 0.717) is 39.3 Å². The fourth-order valence-corrected chi connectivity index (χ4v) is 7.65. The van der Waals surface area contributed by atoms with Gasteiger partial charge >= 0.3 is 11.9 Å². The van der Waals surface area contributed by atoms with Crippen LogP contribution in [0, 0.1) is 13.8 Å². The highest BCUT2D eigenvalue weighted by atomic mass is 16.5. The average molecular weight is 613 g/mol. The van der Waals surface area contributed by atoms with Gasteiger partial charge in [-0.1, -0.05) is 20.8 Å². The fraction of sp³-hybridized carbons (Fsp3) is 0.429. The largest absolute Gasteiger partial charge is 0.512 e. The maximum absolute atomic E-state index is 13.3. The molecule has 5 atom stereocenters. The van der Waals surface area contributed by atoms with Gasteiger partial charge in [-0.05, 0) is 62.9 Å². The van der Waals surface area contributed by atoms with E-state index in [1.165, 1.54) is 7.11 Å². The predicted octanol–water partition coefficient (Wildman–Crippen LogP) is 5.60. The molecule has 5 N–H and O–H groups in total. The smallest absolute Gasteiger partial charge is 0.321 e. The highest BCUT2D eigenvalue weighted by molar-refractivity contribution is 5.96. The Kier molecular flexibility index (Phi) is 7.49. The van der Waals surface area contributed by atoms with Gasteiger partial charge in [0.15, 0.2) is 0 Å². The number of hydrogen-bond acceptors (Lipinski definition) is 7. The number of aryl methyl sites for hydroxylation is 2. The minimum atomic E-state index is -1.10. The number of esters is 1. The summed E-state index contributed by atoms with van der Waals surface area (Å²) in [5, 5.41) is 33.2. The van der Waals surface area contributed by atoms with Gasteiger partial charge < -0.3 is 30.0 Å². The van der Waals surface area contributed by atoms with Gasteiger partial charge in [-0.3, -0.25) is 19.6 Å². The summed E-state index contributed by atoms with van der Waals surface area (Å²) in [6.45, 7) is 11.8. The molecule has 0 saturated heterocycles. The third kappa shape index (κ3) is 4.69. The number of nitrogens with one attached hydrogen (secondary N) is 2. The van der Waals surface area contributed by atoms with Crippen LogP contribution < -0.4 is 10.4 Å². The molecular weight excluding hydrogens is 572 g/mol. The van der Waals surface area contributed by atoms with E-state index in [4.69, 9.17) is 14.7 Å². The van der Waals surface area contributed by atoms with Gasteiger partial charge in [-0.15, -0.1) is 0 Å². The molecule has 0 spiro atoms. The number of aromatic amines is 2. The standard InChI is InChI=1S/C35H40N4O6/c1-8-19-14(2)21-13-26-28(18(6)40)16(4)23(37-26)11-22-15(3)20(9-10-27(41)42)32(38-22)30-31(35(44)45-7)34(43)29-17(5)24(39-33(29)30)12-25(19)36-21/h11-15,19-20,31,37,39-40,43H,8-10H2,1-7H3,(H,41,42)/t14-,15+,19-,20+,31-/m1/s1. The Bertz CT molecular complexity index is 2050. The van der Waals surface area contributed by atoms with E-state index in [9.17, 15) is 24.9 Å². The molecule has 0 amide bonds. The quantitative estimate of drug-likeness (QED) is 0.233. The molecule has 0 aromatic carbocycles. The molecule has 8 bridgehead atoms. The first kappa shape index (κ1) is 30.4. The normalized spacial score (nSPS) is 22.9. The zero-order valence-electron chi connectivity index (χ0n) is 26.7. The van der Waals surface area contributed by atoms with E-state index in [2.05, 4.69) is 23.8 Å². The third-order valence-electron chi connectivity index (χ3n) is 10.1. The molecule has 1 aliphatic carbocycles. The molecule has 3 aliphatic rings. The van der Waals surface area contributed by atoms with Crippen molar-refractivity contribution in [2.45, 2.75) is 90.4 Å². The molecule has 45 heavy (non-hydrogen) atoms. The van der Waals surface area contributed by atoms with Crippen LogP contribution >= 0.6 is 0 Å². The fourth-order valence-electron chi connectivity index (χ4n) is 7.65. The number of nitrogens with zero attached hydrogens (tertiary/aromatic N) is 2. The summed E-state index contributed by atoms with van der Waals surface area (Å²) >= 11 is 0. The van der Waals surface area contributed by atoms with E-state index >= 15 is 0 Å². The van der Waals surface area contributed by atoms with Crippen LogP contribution in [0.3, 0.4) is 0 Å². The molecule has 0 radical (unpaired) electrons. The van der Waals surface area contributed by atoms with Crippen LogP contribution in [0.15, 0.2) is 18.2 Å². The number of aliphatic hydroxyl groups excluding tert-OH is 2. The van der Waals surface area contributed by atoms with Gasteiger partial charge in [0.1, 0.15) is 11.7 Å². The first-order valence-electron chi connectivity index (χ1n) is 15.5. The maximum atomic E-state index is 13.3. The number of H-pyrrole nitrogens is 2. The summed E-state index contributed by atoms with van der Waals surface area (Å²) in [4.78, 5) is 42.2. The van der Waals surface area contributed by atoms with Gasteiger partial charge in [0.2, 0.25) is 0 Å². The molecule has 0 saturated carbocycles. The zero-order chi connectivity index (χ0) is 32.5. The molecule has 3 aromatic rings. The number of carboxylic acid groups (broad SMARTS) is 1. The van der Waals surface area contributed by atoms with Crippen LogP contribution in [0.4, 0.5) is 0 Å². The molecule has 236 valence electrons. The van der Waals surface area contributed by atoms with Gasteiger partial charge in [-0.2, -0.15) is 0 Å². The molecule has 0 fully saturated rings. The maximum Gasteiger partial charge on any atom is 0.321 e. The third-order valence-corrected chi connectivity index (χ3v) is 10.1. The molecular formula is C35H40N4O6. The molecule has 10 nitrogen and oxygen atoms in total. The van der Waals surface area contributed by atoms with Crippen molar-refractivity contribution in [3.8, 4) is 0 Å². The second-order valence-corrected chi connectivity index (χ2v) is 12.7. The number of aromatic nitrogens is 4. The summed E-state index contributed by atoms with van der Waals surface area (Å²) in [6, 6.07) is 5.97. The lowest BCUT2D eigenvalue weighted by Crippen LogP contribution is -2.18. The Morgan fingerprint density at radius 2 is 1.53 bits per heavy atom. The van der Waals surface area contributed by atoms with Crippen molar-refractivity contribution in [1.82, 2.24) is 19.9 Å². The second-order valence-electron chi connectivity index (χ2n) is 12.7. The average Bonchev–Trinajstić information content (AvgIpc) is 3.72. The van der Waals surface area contributed by atoms with E-state index in [0.717, 1.165) is 45.5 Å². The minimum absolute atomic E-state index is 0.0821. The number of fused-ring (bicyclic) bond motifs is 8. The predicted molar refractivity (Wildman–Crippen MR) is 172 cm³/mol. The van der Waals surface area contributed by atoms with Crippen molar-refractivity contribution < 1.29 is 29.6 Å². The van der Waals surface area contributed by atoms with Crippen LogP contribution in [0.25, 0.3) is 33.6 Å². The summed E-state index contributed by atoms with van der Waals surface area (Å²) in [5.41, 5.74) is 8.09. The first-order valence-corrected chi connectivity index (χ1v) is 15.5. The van der Waals surface area contributed by atoms with Gasteiger partial charge in [0.25, 0.3) is 0 Å². The van der Waals surface area contributed by atoms with Crippen molar-refractivity contribution in [3.05, 3.63) is 68.1 Å². The molecule has 6 rings (SSSR count). The Morgan fingerprint density at radius 3 is 2.18 bits per heavy atom. The summed E-state index contributed by atoms with van der Waals surface area (Å²) in [7, 11) is 1.29. The Labute approximate surface area is 260 Å².